The maximum absolute atomic E-state index is 12.5. The lowest BCUT2D eigenvalue weighted by molar-refractivity contribution is -0.139. The van der Waals surface area contributed by atoms with Crippen LogP contribution in [0.3, 0.4) is 0 Å². The molecule has 0 amide bonds. The van der Waals surface area contributed by atoms with Crippen LogP contribution in [-0.4, -0.2) is 26.5 Å². The number of thiazole rings is 1. The fourth-order valence-corrected chi connectivity index (χ4v) is 4.33. The molecule has 0 unspecified atom stereocenters. The van der Waals surface area contributed by atoms with E-state index in [0.717, 1.165) is 16.9 Å². The van der Waals surface area contributed by atoms with Gasteiger partial charge in [0.2, 0.25) is 0 Å². The van der Waals surface area contributed by atoms with Crippen molar-refractivity contribution < 1.29 is 17.9 Å². The topological polar surface area (TPSA) is 85.4 Å². The van der Waals surface area contributed by atoms with E-state index in [2.05, 4.69) is 35.2 Å². The molecule has 2 aromatic rings. The highest BCUT2D eigenvalue weighted by Crippen LogP contribution is 2.27. The fourth-order valence-electron chi connectivity index (χ4n) is 2.15. The molecule has 0 saturated carbocycles. The molecule has 1 N–H and O–H groups in total. The van der Waals surface area contributed by atoms with Crippen molar-refractivity contribution in [3.05, 3.63) is 40.4 Å². The minimum atomic E-state index is -3.73. The zero-order chi connectivity index (χ0) is 18.8. The Balaban J connectivity index is 2.21. The summed E-state index contributed by atoms with van der Waals surface area (Å²) >= 11 is 1.13. The SMILES string of the molecule is COC(=O)Cc1sc(NS(=O)(=O)c2ccc(C(C)(C)C)cc2)nc1C. The molecule has 6 nitrogen and oxygen atoms in total. The Kier molecular flexibility index (Phi) is 5.53. The van der Waals surface area contributed by atoms with Crippen molar-refractivity contribution in [2.24, 2.45) is 0 Å². The number of sulfonamides is 1. The minimum Gasteiger partial charge on any atom is -0.469 e. The van der Waals surface area contributed by atoms with Crippen molar-refractivity contribution in [2.45, 2.75) is 44.4 Å². The van der Waals surface area contributed by atoms with E-state index in [-0.39, 0.29) is 27.8 Å². The van der Waals surface area contributed by atoms with Gasteiger partial charge in [-0.05, 0) is 30.0 Å². The van der Waals surface area contributed by atoms with Crippen LogP contribution < -0.4 is 4.72 Å². The first-order chi connectivity index (χ1) is 11.5. The second-order valence-electron chi connectivity index (χ2n) is 6.66. The van der Waals surface area contributed by atoms with Crippen molar-refractivity contribution in [2.75, 3.05) is 11.8 Å². The Labute approximate surface area is 152 Å². The third kappa shape index (κ3) is 4.79. The van der Waals surface area contributed by atoms with Crippen LogP contribution in [0.25, 0.3) is 0 Å². The number of benzene rings is 1. The summed E-state index contributed by atoms with van der Waals surface area (Å²) in [5, 5.41) is 0.233. The first kappa shape index (κ1) is 19.4. The molecule has 1 aromatic carbocycles. The summed E-state index contributed by atoms with van der Waals surface area (Å²) in [6.45, 7) is 7.92. The summed E-state index contributed by atoms with van der Waals surface area (Å²) < 4.78 is 32.2. The highest BCUT2D eigenvalue weighted by atomic mass is 32.2. The van der Waals surface area contributed by atoms with Gasteiger partial charge in [0.1, 0.15) is 0 Å². The van der Waals surface area contributed by atoms with Crippen molar-refractivity contribution in [3.8, 4) is 0 Å². The summed E-state index contributed by atoms with van der Waals surface area (Å²) in [6.07, 6.45) is 0.0714. The summed E-state index contributed by atoms with van der Waals surface area (Å²) in [5.74, 6) is -0.390. The summed E-state index contributed by atoms with van der Waals surface area (Å²) in [7, 11) is -2.42. The quantitative estimate of drug-likeness (QED) is 0.802. The number of aromatic nitrogens is 1. The standard InChI is InChI=1S/C17H22N2O4S2/c1-11-14(10-15(20)23-5)24-16(18-11)19-25(21,22)13-8-6-12(7-9-13)17(2,3)4/h6-9H,10H2,1-5H3,(H,18,19). The number of methoxy groups -OCH3 is 1. The van der Waals surface area contributed by atoms with Crippen LogP contribution in [-0.2, 0) is 31.4 Å². The third-order valence-electron chi connectivity index (χ3n) is 3.68. The van der Waals surface area contributed by atoms with Gasteiger partial charge in [-0.1, -0.05) is 32.9 Å². The average Bonchev–Trinajstić information content (AvgIpc) is 2.85. The lowest BCUT2D eigenvalue weighted by atomic mass is 9.87. The lowest BCUT2D eigenvalue weighted by Gasteiger charge is -2.19. The molecular formula is C17H22N2O4S2. The fraction of sp³-hybridized carbons (Fsp3) is 0.412. The first-order valence-electron chi connectivity index (χ1n) is 7.69. The predicted octanol–water partition coefficient (Wildman–Crippen LogP) is 3.27. The molecular weight excluding hydrogens is 360 g/mol. The zero-order valence-electron chi connectivity index (χ0n) is 14.9. The van der Waals surface area contributed by atoms with Crippen molar-refractivity contribution >= 4 is 32.5 Å². The zero-order valence-corrected chi connectivity index (χ0v) is 16.5. The minimum absolute atomic E-state index is 0.0507. The molecule has 0 radical (unpaired) electrons. The second kappa shape index (κ2) is 7.13. The molecule has 0 fully saturated rings. The molecule has 1 aromatic heterocycles. The molecule has 0 bridgehead atoms. The number of hydrogen-bond acceptors (Lipinski definition) is 6. The molecule has 0 atom stereocenters. The molecule has 136 valence electrons. The highest BCUT2D eigenvalue weighted by molar-refractivity contribution is 7.93. The van der Waals surface area contributed by atoms with Crippen LogP contribution in [0.1, 0.15) is 36.9 Å². The van der Waals surface area contributed by atoms with E-state index < -0.39 is 10.0 Å². The molecule has 1 heterocycles. The van der Waals surface area contributed by atoms with Gasteiger partial charge in [0.05, 0.1) is 24.1 Å². The normalized spacial score (nSPS) is 12.0. The van der Waals surface area contributed by atoms with Gasteiger partial charge in [-0.3, -0.25) is 9.52 Å². The molecule has 0 aliphatic heterocycles. The van der Waals surface area contributed by atoms with Crippen LogP contribution >= 0.6 is 11.3 Å². The van der Waals surface area contributed by atoms with E-state index >= 15 is 0 Å². The molecule has 0 spiro atoms. The van der Waals surface area contributed by atoms with E-state index in [1.165, 1.54) is 7.11 Å². The Hall–Kier alpha value is -1.93. The van der Waals surface area contributed by atoms with Crippen LogP contribution in [0.15, 0.2) is 29.2 Å². The molecule has 0 saturated heterocycles. The number of carbonyl (C=O) groups excluding carboxylic acids is 1. The van der Waals surface area contributed by atoms with Crippen LogP contribution in [0, 0.1) is 6.92 Å². The average molecular weight is 383 g/mol. The van der Waals surface area contributed by atoms with E-state index in [0.29, 0.717) is 10.6 Å². The number of rotatable bonds is 5. The Morgan fingerprint density at radius 1 is 1.24 bits per heavy atom. The maximum Gasteiger partial charge on any atom is 0.310 e. The predicted molar refractivity (Wildman–Crippen MR) is 98.5 cm³/mol. The number of carbonyl (C=O) groups is 1. The van der Waals surface area contributed by atoms with Gasteiger partial charge in [-0.2, -0.15) is 0 Å². The number of nitrogens with one attached hydrogen (secondary N) is 1. The highest BCUT2D eigenvalue weighted by Gasteiger charge is 2.20. The first-order valence-corrected chi connectivity index (χ1v) is 9.99. The van der Waals surface area contributed by atoms with Gasteiger partial charge in [0.25, 0.3) is 10.0 Å². The van der Waals surface area contributed by atoms with Crippen LogP contribution in [0.4, 0.5) is 5.13 Å². The lowest BCUT2D eigenvalue weighted by Crippen LogP contribution is -2.14. The Morgan fingerprint density at radius 2 is 1.84 bits per heavy atom. The number of esters is 1. The summed E-state index contributed by atoms with van der Waals surface area (Å²) in [5.41, 5.74) is 1.61. The number of nitrogens with zero attached hydrogens (tertiary/aromatic N) is 1. The molecule has 8 heteroatoms. The number of anilines is 1. The van der Waals surface area contributed by atoms with Gasteiger partial charge in [-0.15, -0.1) is 11.3 Å². The van der Waals surface area contributed by atoms with Gasteiger partial charge < -0.3 is 4.74 Å². The van der Waals surface area contributed by atoms with E-state index in [1.54, 1.807) is 19.1 Å². The van der Waals surface area contributed by atoms with E-state index in [1.807, 2.05) is 12.1 Å². The molecule has 0 aliphatic carbocycles. The summed E-state index contributed by atoms with van der Waals surface area (Å²) in [6, 6.07) is 6.78. The number of aryl methyl sites for hydroxylation is 1. The van der Waals surface area contributed by atoms with Gasteiger partial charge in [-0.25, -0.2) is 13.4 Å². The van der Waals surface area contributed by atoms with Gasteiger partial charge in [0.15, 0.2) is 5.13 Å². The maximum atomic E-state index is 12.5. The molecule has 0 aliphatic rings. The number of ether oxygens (including phenoxy) is 1. The monoisotopic (exact) mass is 382 g/mol. The molecule has 2 rings (SSSR count). The molecule has 25 heavy (non-hydrogen) atoms. The van der Waals surface area contributed by atoms with Crippen molar-refractivity contribution in [1.29, 1.82) is 0 Å². The van der Waals surface area contributed by atoms with Crippen LogP contribution in [0.5, 0.6) is 0 Å². The van der Waals surface area contributed by atoms with E-state index in [9.17, 15) is 13.2 Å². The smallest absolute Gasteiger partial charge is 0.310 e. The van der Waals surface area contributed by atoms with Crippen molar-refractivity contribution in [1.82, 2.24) is 4.98 Å². The van der Waals surface area contributed by atoms with Gasteiger partial charge in [0, 0.05) is 4.88 Å². The van der Waals surface area contributed by atoms with Crippen molar-refractivity contribution in [3.63, 3.8) is 0 Å². The Bertz CT molecular complexity index is 863. The van der Waals surface area contributed by atoms with Crippen LogP contribution in [0.2, 0.25) is 0 Å². The van der Waals surface area contributed by atoms with Gasteiger partial charge >= 0.3 is 5.97 Å². The third-order valence-corrected chi connectivity index (χ3v) is 6.23. The largest absolute Gasteiger partial charge is 0.469 e. The van der Waals surface area contributed by atoms with E-state index in [4.69, 9.17) is 0 Å². The summed E-state index contributed by atoms with van der Waals surface area (Å²) in [4.78, 5) is 16.4. The number of hydrogen-bond donors (Lipinski definition) is 1. The second-order valence-corrected chi connectivity index (χ2v) is 9.43. The Morgan fingerprint density at radius 3 is 2.36 bits per heavy atom.